The molecule has 0 fully saturated rings. The zero-order chi connectivity index (χ0) is 13.8. The van der Waals surface area contributed by atoms with Crippen LogP contribution in [0.5, 0.6) is 0 Å². The standard InChI is InChI=1S/C14H19N3O2/c1-4-15-9(2)7-14(18)17-11-5-6-13-12(8-11)16-10(3)19-13/h5-6,8-9,15H,4,7H2,1-3H3,(H,17,18). The van der Waals surface area contributed by atoms with E-state index in [1.54, 1.807) is 6.92 Å². The van der Waals surface area contributed by atoms with E-state index in [4.69, 9.17) is 4.42 Å². The van der Waals surface area contributed by atoms with Crippen LogP contribution in [0, 0.1) is 6.92 Å². The molecule has 2 N–H and O–H groups in total. The fraction of sp³-hybridized carbons (Fsp3) is 0.429. The fourth-order valence-corrected chi connectivity index (χ4v) is 2.03. The second-order valence-corrected chi connectivity index (χ2v) is 4.63. The summed E-state index contributed by atoms with van der Waals surface area (Å²) in [5.74, 6) is 0.618. The minimum atomic E-state index is -0.00647. The van der Waals surface area contributed by atoms with Gasteiger partial charge < -0.3 is 15.1 Å². The monoisotopic (exact) mass is 261 g/mol. The van der Waals surface area contributed by atoms with E-state index in [9.17, 15) is 4.79 Å². The van der Waals surface area contributed by atoms with Gasteiger partial charge in [-0.3, -0.25) is 4.79 Å². The summed E-state index contributed by atoms with van der Waals surface area (Å²) < 4.78 is 5.39. The number of anilines is 1. The van der Waals surface area contributed by atoms with E-state index >= 15 is 0 Å². The Morgan fingerprint density at radius 3 is 3.00 bits per heavy atom. The highest BCUT2D eigenvalue weighted by molar-refractivity contribution is 5.93. The number of benzene rings is 1. The largest absolute Gasteiger partial charge is 0.441 e. The zero-order valence-corrected chi connectivity index (χ0v) is 11.5. The van der Waals surface area contributed by atoms with Crippen LogP contribution in [0.3, 0.4) is 0 Å². The number of nitrogens with one attached hydrogen (secondary N) is 2. The third-order valence-corrected chi connectivity index (χ3v) is 2.82. The van der Waals surface area contributed by atoms with Crippen molar-refractivity contribution in [2.45, 2.75) is 33.2 Å². The molecule has 0 radical (unpaired) electrons. The SMILES string of the molecule is CCNC(C)CC(=O)Nc1ccc2oc(C)nc2c1. The summed E-state index contributed by atoms with van der Waals surface area (Å²) in [5.41, 5.74) is 2.24. The number of rotatable bonds is 5. The predicted octanol–water partition coefficient (Wildman–Crippen LogP) is 2.46. The quantitative estimate of drug-likeness (QED) is 0.867. The summed E-state index contributed by atoms with van der Waals surface area (Å²) >= 11 is 0. The van der Waals surface area contributed by atoms with Crippen molar-refractivity contribution >= 4 is 22.7 Å². The minimum absolute atomic E-state index is 0.00647. The van der Waals surface area contributed by atoms with Crippen LogP contribution in [0.25, 0.3) is 11.1 Å². The first-order valence-corrected chi connectivity index (χ1v) is 6.49. The van der Waals surface area contributed by atoms with E-state index in [0.29, 0.717) is 12.3 Å². The Labute approximate surface area is 112 Å². The van der Waals surface area contributed by atoms with Crippen molar-refractivity contribution in [1.82, 2.24) is 10.3 Å². The van der Waals surface area contributed by atoms with E-state index in [1.165, 1.54) is 0 Å². The molecule has 1 aromatic heterocycles. The summed E-state index contributed by atoms with van der Waals surface area (Å²) in [7, 11) is 0. The molecule has 0 spiro atoms. The van der Waals surface area contributed by atoms with Gasteiger partial charge >= 0.3 is 0 Å². The third-order valence-electron chi connectivity index (χ3n) is 2.82. The van der Waals surface area contributed by atoms with Crippen molar-refractivity contribution in [3.8, 4) is 0 Å². The summed E-state index contributed by atoms with van der Waals surface area (Å²) in [6, 6.07) is 5.63. The first-order valence-electron chi connectivity index (χ1n) is 6.49. The molecule has 0 saturated carbocycles. The van der Waals surface area contributed by atoms with Gasteiger partial charge in [0, 0.05) is 25.1 Å². The molecule has 5 nitrogen and oxygen atoms in total. The molecule has 2 aromatic rings. The molecule has 0 aliphatic heterocycles. The average molecular weight is 261 g/mol. The van der Waals surface area contributed by atoms with Crippen LogP contribution in [-0.2, 0) is 4.79 Å². The maximum absolute atomic E-state index is 11.8. The van der Waals surface area contributed by atoms with E-state index < -0.39 is 0 Å². The van der Waals surface area contributed by atoms with Gasteiger partial charge in [-0.05, 0) is 31.7 Å². The first kappa shape index (κ1) is 13.5. The third kappa shape index (κ3) is 3.54. The molecule has 2 rings (SSSR count). The van der Waals surface area contributed by atoms with Crippen LogP contribution in [0.4, 0.5) is 5.69 Å². The molecule has 1 heterocycles. The topological polar surface area (TPSA) is 67.2 Å². The Kier molecular flexibility index (Phi) is 4.16. The maximum atomic E-state index is 11.8. The van der Waals surface area contributed by atoms with Crippen molar-refractivity contribution in [3.63, 3.8) is 0 Å². The number of fused-ring (bicyclic) bond motifs is 1. The van der Waals surface area contributed by atoms with Gasteiger partial charge in [0.25, 0.3) is 0 Å². The number of aryl methyl sites for hydroxylation is 1. The summed E-state index contributed by atoms with van der Waals surface area (Å²) in [5, 5.41) is 6.08. The summed E-state index contributed by atoms with van der Waals surface area (Å²) in [4.78, 5) is 16.1. The molecular formula is C14H19N3O2. The van der Waals surface area contributed by atoms with E-state index in [1.807, 2.05) is 32.0 Å². The summed E-state index contributed by atoms with van der Waals surface area (Å²) in [6.07, 6.45) is 0.448. The number of carbonyl (C=O) groups excluding carboxylic acids is 1. The van der Waals surface area contributed by atoms with Crippen molar-refractivity contribution in [2.75, 3.05) is 11.9 Å². The van der Waals surface area contributed by atoms with Gasteiger partial charge in [-0.1, -0.05) is 6.92 Å². The number of hydrogen-bond donors (Lipinski definition) is 2. The molecule has 0 aliphatic carbocycles. The number of carbonyl (C=O) groups is 1. The highest BCUT2D eigenvalue weighted by Gasteiger charge is 2.09. The maximum Gasteiger partial charge on any atom is 0.225 e. The predicted molar refractivity (Wildman–Crippen MR) is 75.1 cm³/mol. The van der Waals surface area contributed by atoms with Gasteiger partial charge in [0.2, 0.25) is 5.91 Å². The van der Waals surface area contributed by atoms with Crippen LogP contribution in [0.15, 0.2) is 22.6 Å². The lowest BCUT2D eigenvalue weighted by Gasteiger charge is -2.11. The van der Waals surface area contributed by atoms with Crippen molar-refractivity contribution < 1.29 is 9.21 Å². The fourth-order valence-electron chi connectivity index (χ4n) is 2.03. The van der Waals surface area contributed by atoms with Crippen molar-refractivity contribution in [2.24, 2.45) is 0 Å². The average Bonchev–Trinajstić information content (AvgIpc) is 2.68. The van der Waals surface area contributed by atoms with E-state index in [-0.39, 0.29) is 11.9 Å². The number of oxazole rings is 1. The molecule has 0 saturated heterocycles. The molecule has 102 valence electrons. The number of nitrogens with zero attached hydrogens (tertiary/aromatic N) is 1. The van der Waals surface area contributed by atoms with Gasteiger partial charge in [0.15, 0.2) is 11.5 Å². The normalized spacial score (nSPS) is 12.6. The molecule has 19 heavy (non-hydrogen) atoms. The van der Waals surface area contributed by atoms with Crippen LogP contribution >= 0.6 is 0 Å². The highest BCUT2D eigenvalue weighted by atomic mass is 16.3. The van der Waals surface area contributed by atoms with E-state index in [2.05, 4.69) is 15.6 Å². The Morgan fingerprint density at radius 2 is 2.26 bits per heavy atom. The number of aromatic nitrogens is 1. The van der Waals surface area contributed by atoms with Crippen LogP contribution < -0.4 is 10.6 Å². The zero-order valence-electron chi connectivity index (χ0n) is 11.5. The highest BCUT2D eigenvalue weighted by Crippen LogP contribution is 2.19. The van der Waals surface area contributed by atoms with Gasteiger partial charge in [-0.25, -0.2) is 4.98 Å². The van der Waals surface area contributed by atoms with Crippen molar-refractivity contribution in [1.29, 1.82) is 0 Å². The van der Waals surface area contributed by atoms with Crippen molar-refractivity contribution in [3.05, 3.63) is 24.1 Å². The Bertz CT molecular complexity index is 577. The lowest BCUT2D eigenvalue weighted by atomic mass is 10.2. The number of amides is 1. The summed E-state index contributed by atoms with van der Waals surface area (Å²) in [6.45, 7) is 6.68. The molecule has 1 atom stereocenters. The first-order chi connectivity index (χ1) is 9.08. The molecular weight excluding hydrogens is 242 g/mol. The van der Waals surface area contributed by atoms with Crippen LogP contribution in [-0.4, -0.2) is 23.5 Å². The van der Waals surface area contributed by atoms with E-state index in [0.717, 1.165) is 23.3 Å². The lowest BCUT2D eigenvalue weighted by Crippen LogP contribution is -2.30. The molecule has 1 unspecified atom stereocenters. The Balaban J connectivity index is 2.02. The molecule has 1 aromatic carbocycles. The molecule has 5 heteroatoms. The van der Waals surface area contributed by atoms with Crippen LogP contribution in [0.1, 0.15) is 26.2 Å². The number of hydrogen-bond acceptors (Lipinski definition) is 4. The molecule has 0 bridgehead atoms. The minimum Gasteiger partial charge on any atom is -0.441 e. The van der Waals surface area contributed by atoms with Gasteiger partial charge in [0.05, 0.1) is 0 Å². The van der Waals surface area contributed by atoms with Crippen LogP contribution in [0.2, 0.25) is 0 Å². The lowest BCUT2D eigenvalue weighted by molar-refractivity contribution is -0.116. The van der Waals surface area contributed by atoms with Gasteiger partial charge in [0.1, 0.15) is 5.52 Å². The molecule has 1 amide bonds. The molecule has 0 aliphatic rings. The second-order valence-electron chi connectivity index (χ2n) is 4.63. The van der Waals surface area contributed by atoms with Gasteiger partial charge in [-0.15, -0.1) is 0 Å². The Morgan fingerprint density at radius 1 is 1.47 bits per heavy atom. The second kappa shape index (κ2) is 5.84. The smallest absolute Gasteiger partial charge is 0.225 e. The van der Waals surface area contributed by atoms with Gasteiger partial charge in [-0.2, -0.15) is 0 Å². The Hall–Kier alpha value is -1.88.